The van der Waals surface area contributed by atoms with Crippen LogP contribution in [0.15, 0.2) is 42.5 Å². The Balaban J connectivity index is 1.85. The standard InChI is InChI=1S/C16H11F3N2O2/c17-16(18,19)11-4-1-9(2-5-11)7-14-20-12-6-3-10(15(22)23)8-13(12)21-14/h1-6,8H,7H2,(H,20,21)(H,22,23). The largest absolute Gasteiger partial charge is 0.478 e. The van der Waals surface area contributed by atoms with E-state index in [2.05, 4.69) is 9.97 Å². The number of aromatic amines is 1. The van der Waals surface area contributed by atoms with E-state index in [-0.39, 0.29) is 5.56 Å². The van der Waals surface area contributed by atoms with E-state index in [0.29, 0.717) is 28.8 Å². The smallest absolute Gasteiger partial charge is 0.416 e. The summed E-state index contributed by atoms with van der Waals surface area (Å²) in [7, 11) is 0. The summed E-state index contributed by atoms with van der Waals surface area (Å²) >= 11 is 0. The average Bonchev–Trinajstić information content (AvgIpc) is 2.87. The van der Waals surface area contributed by atoms with Crippen molar-refractivity contribution in [3.63, 3.8) is 0 Å². The first-order valence-corrected chi connectivity index (χ1v) is 6.71. The van der Waals surface area contributed by atoms with Gasteiger partial charge in [-0.05, 0) is 35.9 Å². The van der Waals surface area contributed by atoms with Gasteiger partial charge in [0.25, 0.3) is 0 Å². The predicted molar refractivity (Wildman–Crippen MR) is 77.3 cm³/mol. The molecule has 3 aromatic rings. The van der Waals surface area contributed by atoms with Gasteiger partial charge in [0, 0.05) is 6.42 Å². The highest BCUT2D eigenvalue weighted by Gasteiger charge is 2.29. The monoisotopic (exact) mass is 320 g/mol. The molecule has 0 bridgehead atoms. The van der Waals surface area contributed by atoms with Crippen LogP contribution in [0.5, 0.6) is 0 Å². The second-order valence-corrected chi connectivity index (χ2v) is 5.09. The fourth-order valence-electron chi connectivity index (χ4n) is 2.28. The summed E-state index contributed by atoms with van der Waals surface area (Å²) in [5.74, 6) is -0.479. The SMILES string of the molecule is O=C(O)c1ccc2nc(Cc3ccc(C(F)(F)F)cc3)[nH]c2c1. The Morgan fingerprint density at radius 2 is 1.83 bits per heavy atom. The summed E-state index contributed by atoms with van der Waals surface area (Å²) in [6, 6.07) is 9.37. The zero-order chi connectivity index (χ0) is 16.6. The third-order valence-corrected chi connectivity index (χ3v) is 3.43. The Morgan fingerprint density at radius 3 is 2.43 bits per heavy atom. The van der Waals surface area contributed by atoms with E-state index in [9.17, 15) is 18.0 Å². The van der Waals surface area contributed by atoms with Crippen molar-refractivity contribution in [2.24, 2.45) is 0 Å². The van der Waals surface area contributed by atoms with E-state index in [1.807, 2.05) is 0 Å². The highest BCUT2D eigenvalue weighted by Crippen LogP contribution is 2.29. The summed E-state index contributed by atoms with van der Waals surface area (Å²) < 4.78 is 37.6. The number of nitrogens with one attached hydrogen (secondary N) is 1. The molecule has 7 heteroatoms. The lowest BCUT2D eigenvalue weighted by Crippen LogP contribution is -2.04. The topological polar surface area (TPSA) is 66.0 Å². The van der Waals surface area contributed by atoms with Crippen LogP contribution in [0.3, 0.4) is 0 Å². The molecule has 0 unspecified atom stereocenters. The maximum atomic E-state index is 12.5. The molecule has 0 aliphatic heterocycles. The van der Waals surface area contributed by atoms with E-state index in [1.54, 1.807) is 6.07 Å². The Hall–Kier alpha value is -2.83. The minimum atomic E-state index is -4.36. The molecule has 0 saturated carbocycles. The number of aromatic nitrogens is 2. The number of benzene rings is 2. The van der Waals surface area contributed by atoms with E-state index in [0.717, 1.165) is 12.1 Å². The number of hydrogen-bond acceptors (Lipinski definition) is 2. The van der Waals surface area contributed by atoms with Gasteiger partial charge in [-0.15, -0.1) is 0 Å². The van der Waals surface area contributed by atoms with Crippen LogP contribution in [0.25, 0.3) is 11.0 Å². The van der Waals surface area contributed by atoms with Crippen LogP contribution in [0.2, 0.25) is 0 Å². The van der Waals surface area contributed by atoms with Gasteiger partial charge in [-0.25, -0.2) is 9.78 Å². The molecule has 0 saturated heterocycles. The zero-order valence-electron chi connectivity index (χ0n) is 11.7. The van der Waals surface area contributed by atoms with Crippen LogP contribution in [0.1, 0.15) is 27.3 Å². The van der Waals surface area contributed by atoms with Gasteiger partial charge < -0.3 is 10.1 Å². The lowest BCUT2D eigenvalue weighted by Gasteiger charge is -2.06. The predicted octanol–water partition coefficient (Wildman–Crippen LogP) is 3.87. The molecule has 0 atom stereocenters. The van der Waals surface area contributed by atoms with Gasteiger partial charge in [-0.3, -0.25) is 0 Å². The molecule has 1 aromatic heterocycles. The Morgan fingerprint density at radius 1 is 1.13 bits per heavy atom. The van der Waals surface area contributed by atoms with Crippen molar-refractivity contribution in [3.8, 4) is 0 Å². The third-order valence-electron chi connectivity index (χ3n) is 3.43. The molecule has 2 aromatic carbocycles. The number of carboxylic acid groups (broad SMARTS) is 1. The molecule has 0 radical (unpaired) electrons. The average molecular weight is 320 g/mol. The van der Waals surface area contributed by atoms with Gasteiger partial charge in [0.15, 0.2) is 0 Å². The minimum Gasteiger partial charge on any atom is -0.478 e. The van der Waals surface area contributed by atoms with Crippen molar-refractivity contribution in [2.45, 2.75) is 12.6 Å². The number of halogens is 3. The molecule has 0 amide bonds. The highest BCUT2D eigenvalue weighted by atomic mass is 19.4. The van der Waals surface area contributed by atoms with Crippen molar-refractivity contribution in [3.05, 3.63) is 65.0 Å². The van der Waals surface area contributed by atoms with Crippen LogP contribution < -0.4 is 0 Å². The molecule has 0 aliphatic rings. The normalized spacial score (nSPS) is 11.8. The number of alkyl halides is 3. The first-order chi connectivity index (χ1) is 10.8. The van der Waals surface area contributed by atoms with Crippen LogP contribution in [-0.4, -0.2) is 21.0 Å². The molecule has 0 spiro atoms. The molecule has 4 nitrogen and oxygen atoms in total. The van der Waals surface area contributed by atoms with Crippen molar-refractivity contribution in [2.75, 3.05) is 0 Å². The maximum absolute atomic E-state index is 12.5. The van der Waals surface area contributed by atoms with Gasteiger partial charge in [0.2, 0.25) is 0 Å². The molecule has 23 heavy (non-hydrogen) atoms. The van der Waals surface area contributed by atoms with Gasteiger partial charge >= 0.3 is 12.1 Å². The van der Waals surface area contributed by atoms with Crippen LogP contribution >= 0.6 is 0 Å². The zero-order valence-corrected chi connectivity index (χ0v) is 11.7. The number of H-pyrrole nitrogens is 1. The Bertz CT molecular complexity index is 867. The highest BCUT2D eigenvalue weighted by molar-refractivity contribution is 5.92. The molecule has 2 N–H and O–H groups in total. The minimum absolute atomic E-state index is 0.141. The molecule has 1 heterocycles. The van der Waals surface area contributed by atoms with E-state index < -0.39 is 17.7 Å². The number of fused-ring (bicyclic) bond motifs is 1. The summed E-state index contributed by atoms with van der Waals surface area (Å²) in [5, 5.41) is 8.95. The summed E-state index contributed by atoms with van der Waals surface area (Å²) in [5.41, 5.74) is 1.30. The first-order valence-electron chi connectivity index (χ1n) is 6.71. The van der Waals surface area contributed by atoms with Gasteiger partial charge in [-0.2, -0.15) is 13.2 Å². The summed E-state index contributed by atoms with van der Waals surface area (Å²) in [6.07, 6.45) is -4.03. The molecule has 118 valence electrons. The fourth-order valence-corrected chi connectivity index (χ4v) is 2.28. The van der Waals surface area contributed by atoms with Crippen molar-refractivity contribution < 1.29 is 23.1 Å². The lowest BCUT2D eigenvalue weighted by molar-refractivity contribution is -0.137. The number of imidazole rings is 1. The van der Waals surface area contributed by atoms with Gasteiger partial charge in [-0.1, -0.05) is 12.1 Å². The third kappa shape index (κ3) is 3.18. The van der Waals surface area contributed by atoms with E-state index in [4.69, 9.17) is 5.11 Å². The number of carboxylic acids is 1. The first kappa shape index (κ1) is 15.1. The number of hydrogen-bond donors (Lipinski definition) is 2. The number of carbonyl (C=O) groups is 1. The number of nitrogens with zero attached hydrogens (tertiary/aromatic N) is 1. The molecule has 0 aliphatic carbocycles. The van der Waals surface area contributed by atoms with Gasteiger partial charge in [0.05, 0.1) is 22.2 Å². The Labute approximate surface area is 128 Å². The maximum Gasteiger partial charge on any atom is 0.416 e. The molecular weight excluding hydrogens is 309 g/mol. The van der Waals surface area contributed by atoms with Crippen LogP contribution in [-0.2, 0) is 12.6 Å². The van der Waals surface area contributed by atoms with Crippen molar-refractivity contribution in [1.29, 1.82) is 0 Å². The second kappa shape index (κ2) is 5.42. The van der Waals surface area contributed by atoms with Crippen LogP contribution in [0.4, 0.5) is 13.2 Å². The van der Waals surface area contributed by atoms with Crippen molar-refractivity contribution >= 4 is 17.0 Å². The van der Waals surface area contributed by atoms with E-state index in [1.165, 1.54) is 24.3 Å². The molecule has 3 rings (SSSR count). The van der Waals surface area contributed by atoms with Gasteiger partial charge in [0.1, 0.15) is 5.82 Å². The summed E-state index contributed by atoms with van der Waals surface area (Å²) in [4.78, 5) is 18.2. The van der Waals surface area contributed by atoms with E-state index >= 15 is 0 Å². The van der Waals surface area contributed by atoms with Crippen molar-refractivity contribution in [1.82, 2.24) is 9.97 Å². The lowest BCUT2D eigenvalue weighted by atomic mass is 10.1. The van der Waals surface area contributed by atoms with Crippen LogP contribution in [0, 0.1) is 0 Å². The molecule has 0 fully saturated rings. The number of rotatable bonds is 3. The Kier molecular flexibility index (Phi) is 3.55. The second-order valence-electron chi connectivity index (χ2n) is 5.09. The molecular formula is C16H11F3N2O2. The number of aromatic carboxylic acids is 1. The fraction of sp³-hybridized carbons (Fsp3) is 0.125. The quantitative estimate of drug-likeness (QED) is 0.770. The summed E-state index contributed by atoms with van der Waals surface area (Å²) in [6.45, 7) is 0.